The molecule has 2 amide bonds. The molecule has 9 heteroatoms. The fourth-order valence-electron chi connectivity index (χ4n) is 3.98. The normalized spacial score (nSPS) is 19.4. The van der Waals surface area contributed by atoms with Crippen LogP contribution in [0, 0.1) is 0 Å². The number of amides is 2. The number of ether oxygens (including phenoxy) is 1. The van der Waals surface area contributed by atoms with Crippen LogP contribution in [0.1, 0.15) is 47.3 Å². The molecule has 9 nitrogen and oxygen atoms in total. The monoisotopic (exact) mass is 384 g/mol. The summed E-state index contributed by atoms with van der Waals surface area (Å²) in [4.78, 5) is 32.8. The molecule has 0 saturated carbocycles. The number of methoxy groups -OCH3 is 1. The Labute approximate surface area is 163 Å². The number of aromatic nitrogens is 4. The van der Waals surface area contributed by atoms with Gasteiger partial charge in [-0.2, -0.15) is 0 Å². The molecule has 28 heavy (non-hydrogen) atoms. The van der Waals surface area contributed by atoms with Gasteiger partial charge in [-0.15, -0.1) is 10.2 Å². The fraction of sp³-hybridized carbons (Fsp3) is 0.526. The Kier molecular flexibility index (Phi) is 5.34. The van der Waals surface area contributed by atoms with Crippen molar-refractivity contribution in [3.63, 3.8) is 0 Å². The van der Waals surface area contributed by atoms with E-state index in [1.165, 1.54) is 7.11 Å². The minimum Gasteiger partial charge on any atom is -0.375 e. The van der Waals surface area contributed by atoms with Crippen LogP contribution in [0.2, 0.25) is 0 Å². The molecule has 1 saturated heterocycles. The maximum atomic E-state index is 12.7. The van der Waals surface area contributed by atoms with Gasteiger partial charge in [0.2, 0.25) is 5.91 Å². The van der Waals surface area contributed by atoms with Crippen molar-refractivity contribution in [3.05, 3.63) is 41.7 Å². The summed E-state index contributed by atoms with van der Waals surface area (Å²) in [6.45, 7) is 2.40. The SMILES string of the molecule is COCC(=O)N1CCCCC1c1nnc2n1CCN(C(=O)c1ccncc1)C2. The Morgan fingerprint density at radius 2 is 1.96 bits per heavy atom. The molecule has 148 valence electrons. The third kappa shape index (κ3) is 3.49. The van der Waals surface area contributed by atoms with Gasteiger partial charge < -0.3 is 19.1 Å². The third-order valence-electron chi connectivity index (χ3n) is 5.39. The number of nitrogens with zero attached hydrogens (tertiary/aromatic N) is 6. The van der Waals surface area contributed by atoms with Crippen LogP contribution in [0.4, 0.5) is 0 Å². The van der Waals surface area contributed by atoms with Crippen molar-refractivity contribution in [1.82, 2.24) is 29.5 Å². The summed E-state index contributed by atoms with van der Waals surface area (Å²) in [5, 5.41) is 8.75. The van der Waals surface area contributed by atoms with Gasteiger partial charge in [-0.1, -0.05) is 0 Å². The van der Waals surface area contributed by atoms with E-state index in [-0.39, 0.29) is 24.5 Å². The van der Waals surface area contributed by atoms with Gasteiger partial charge in [0.15, 0.2) is 11.6 Å². The topological polar surface area (TPSA) is 93.5 Å². The average molecular weight is 384 g/mol. The third-order valence-corrected chi connectivity index (χ3v) is 5.39. The molecule has 1 atom stereocenters. The molecule has 0 N–H and O–H groups in total. The van der Waals surface area contributed by atoms with Crippen molar-refractivity contribution in [2.75, 3.05) is 26.8 Å². The number of piperidine rings is 1. The maximum absolute atomic E-state index is 12.7. The molecule has 0 radical (unpaired) electrons. The second kappa shape index (κ2) is 8.05. The van der Waals surface area contributed by atoms with Crippen molar-refractivity contribution in [2.24, 2.45) is 0 Å². The Balaban J connectivity index is 1.53. The Hall–Kier alpha value is -2.81. The lowest BCUT2D eigenvalue weighted by Gasteiger charge is -2.36. The van der Waals surface area contributed by atoms with Crippen LogP contribution in [0.25, 0.3) is 0 Å². The smallest absolute Gasteiger partial charge is 0.254 e. The highest BCUT2D eigenvalue weighted by atomic mass is 16.5. The van der Waals surface area contributed by atoms with E-state index >= 15 is 0 Å². The van der Waals surface area contributed by atoms with Gasteiger partial charge in [-0.3, -0.25) is 14.6 Å². The number of fused-ring (bicyclic) bond motifs is 1. The standard InChI is InChI=1S/C19H24N6O3/c1-28-13-17(26)24-9-3-2-4-15(24)18-22-21-16-12-23(10-11-25(16)18)19(27)14-5-7-20-8-6-14/h5-8,15H,2-4,9-13H2,1H3. The minimum atomic E-state index is -0.0832. The van der Waals surface area contributed by atoms with Gasteiger partial charge in [0.05, 0.1) is 12.6 Å². The summed E-state index contributed by atoms with van der Waals surface area (Å²) in [6, 6.07) is 3.35. The maximum Gasteiger partial charge on any atom is 0.254 e. The molecule has 1 fully saturated rings. The van der Waals surface area contributed by atoms with Gasteiger partial charge in [0.1, 0.15) is 6.61 Å². The van der Waals surface area contributed by atoms with E-state index < -0.39 is 0 Å². The summed E-state index contributed by atoms with van der Waals surface area (Å²) >= 11 is 0. The number of pyridine rings is 1. The summed E-state index contributed by atoms with van der Waals surface area (Å²) in [7, 11) is 1.53. The molecule has 2 aromatic heterocycles. The second-order valence-electron chi connectivity index (χ2n) is 7.12. The highest BCUT2D eigenvalue weighted by Gasteiger charge is 2.34. The molecule has 2 aliphatic heterocycles. The number of carbonyl (C=O) groups is 2. The van der Waals surface area contributed by atoms with E-state index in [1.54, 1.807) is 29.4 Å². The molecule has 0 aromatic carbocycles. The average Bonchev–Trinajstić information content (AvgIpc) is 3.17. The van der Waals surface area contributed by atoms with Crippen LogP contribution < -0.4 is 0 Å². The summed E-state index contributed by atoms with van der Waals surface area (Å²) < 4.78 is 7.10. The zero-order valence-corrected chi connectivity index (χ0v) is 16.0. The zero-order chi connectivity index (χ0) is 19.5. The van der Waals surface area contributed by atoms with Crippen molar-refractivity contribution in [3.8, 4) is 0 Å². The van der Waals surface area contributed by atoms with Gasteiger partial charge in [0, 0.05) is 44.7 Å². The summed E-state index contributed by atoms with van der Waals surface area (Å²) in [6.07, 6.45) is 6.14. The Bertz CT molecular complexity index is 853. The molecule has 2 aromatic rings. The van der Waals surface area contributed by atoms with Crippen LogP contribution in [-0.2, 0) is 22.6 Å². The van der Waals surface area contributed by atoms with Gasteiger partial charge in [0.25, 0.3) is 5.91 Å². The van der Waals surface area contributed by atoms with Crippen molar-refractivity contribution >= 4 is 11.8 Å². The van der Waals surface area contributed by atoms with E-state index in [4.69, 9.17) is 4.74 Å². The molecule has 4 heterocycles. The Morgan fingerprint density at radius 3 is 2.75 bits per heavy atom. The lowest BCUT2D eigenvalue weighted by Crippen LogP contribution is -2.43. The lowest BCUT2D eigenvalue weighted by molar-refractivity contribution is -0.139. The highest BCUT2D eigenvalue weighted by Crippen LogP contribution is 2.31. The predicted molar refractivity (Wildman–Crippen MR) is 99.2 cm³/mol. The number of likely N-dealkylation sites (tertiary alicyclic amines) is 1. The molecule has 0 aliphatic carbocycles. The lowest BCUT2D eigenvalue weighted by atomic mass is 10.0. The first-order chi connectivity index (χ1) is 13.7. The number of carbonyl (C=O) groups excluding carboxylic acids is 2. The summed E-state index contributed by atoms with van der Waals surface area (Å²) in [5.41, 5.74) is 0.617. The molecule has 1 unspecified atom stereocenters. The second-order valence-corrected chi connectivity index (χ2v) is 7.12. The van der Waals surface area contributed by atoms with Crippen LogP contribution in [0.15, 0.2) is 24.5 Å². The molecule has 2 aliphatic rings. The number of hydrogen-bond donors (Lipinski definition) is 0. The van der Waals surface area contributed by atoms with Crippen LogP contribution in [0.3, 0.4) is 0 Å². The van der Waals surface area contributed by atoms with E-state index in [0.717, 1.165) is 30.9 Å². The molecule has 4 rings (SSSR count). The first kappa shape index (κ1) is 18.5. The molecule has 0 spiro atoms. The van der Waals surface area contributed by atoms with E-state index in [9.17, 15) is 9.59 Å². The first-order valence-electron chi connectivity index (χ1n) is 9.58. The van der Waals surface area contributed by atoms with Gasteiger partial charge >= 0.3 is 0 Å². The highest BCUT2D eigenvalue weighted by molar-refractivity contribution is 5.94. The fourth-order valence-corrected chi connectivity index (χ4v) is 3.98. The molecular weight excluding hydrogens is 360 g/mol. The van der Waals surface area contributed by atoms with Crippen molar-refractivity contribution in [1.29, 1.82) is 0 Å². The van der Waals surface area contributed by atoms with E-state index in [0.29, 0.717) is 31.7 Å². The molecular formula is C19H24N6O3. The van der Waals surface area contributed by atoms with E-state index in [1.807, 2.05) is 4.90 Å². The largest absolute Gasteiger partial charge is 0.375 e. The predicted octanol–water partition coefficient (Wildman–Crippen LogP) is 1.03. The minimum absolute atomic E-state index is 0.0187. The zero-order valence-electron chi connectivity index (χ0n) is 16.0. The number of rotatable bonds is 4. The van der Waals surface area contributed by atoms with Crippen LogP contribution in [0.5, 0.6) is 0 Å². The van der Waals surface area contributed by atoms with Gasteiger partial charge in [-0.05, 0) is 31.4 Å². The van der Waals surface area contributed by atoms with Crippen LogP contribution in [-0.4, -0.2) is 68.2 Å². The quantitative estimate of drug-likeness (QED) is 0.782. The van der Waals surface area contributed by atoms with Crippen molar-refractivity contribution < 1.29 is 14.3 Å². The van der Waals surface area contributed by atoms with Gasteiger partial charge in [-0.25, -0.2) is 0 Å². The Morgan fingerprint density at radius 1 is 1.14 bits per heavy atom. The molecule has 0 bridgehead atoms. The summed E-state index contributed by atoms with van der Waals surface area (Å²) in [5.74, 6) is 1.52. The van der Waals surface area contributed by atoms with E-state index in [2.05, 4.69) is 19.7 Å². The van der Waals surface area contributed by atoms with Crippen LogP contribution >= 0.6 is 0 Å². The number of hydrogen-bond acceptors (Lipinski definition) is 6. The van der Waals surface area contributed by atoms with Crippen molar-refractivity contribution in [2.45, 2.75) is 38.4 Å². The first-order valence-corrected chi connectivity index (χ1v) is 9.58.